The van der Waals surface area contributed by atoms with Gasteiger partial charge in [-0.25, -0.2) is 9.59 Å². The molecule has 0 unspecified atom stereocenters. The number of esters is 1. The number of aromatic carboxylic acids is 1. The van der Waals surface area contributed by atoms with E-state index in [-0.39, 0.29) is 11.1 Å². The molecule has 4 nitrogen and oxygen atoms in total. The van der Waals surface area contributed by atoms with E-state index < -0.39 is 11.9 Å². The fraction of sp³-hybridized carbons (Fsp3) is 0.733. The van der Waals surface area contributed by atoms with Crippen LogP contribution in [-0.4, -0.2) is 23.7 Å². The Hall–Kier alpha value is -1.84. The zero-order chi connectivity index (χ0) is 25.3. The van der Waals surface area contributed by atoms with E-state index in [9.17, 15) is 9.59 Å². The average Bonchev–Trinajstić information content (AvgIpc) is 2.85. The van der Waals surface area contributed by atoms with Crippen LogP contribution in [0.5, 0.6) is 0 Å². The predicted octanol–water partition coefficient (Wildman–Crippen LogP) is 9.61. The van der Waals surface area contributed by atoms with Crippen molar-refractivity contribution in [1.82, 2.24) is 0 Å². The van der Waals surface area contributed by atoms with E-state index in [0.717, 1.165) is 19.3 Å². The van der Waals surface area contributed by atoms with Gasteiger partial charge in [-0.1, -0.05) is 142 Å². The van der Waals surface area contributed by atoms with Gasteiger partial charge in [-0.15, -0.1) is 0 Å². The van der Waals surface area contributed by atoms with Gasteiger partial charge in [-0.05, 0) is 18.6 Å². The second-order valence-corrected chi connectivity index (χ2v) is 9.29. The normalized spacial score (nSPS) is 10.4. The molecule has 0 heterocycles. The Kier molecular flexibility index (Phi) is 23.0. The number of ether oxygens (including phenoxy) is 1. The smallest absolute Gasteiger partial charge is 0.339 e. The average molecular weight is 477 g/mol. The molecule has 1 aromatic rings. The highest BCUT2D eigenvalue weighted by Gasteiger charge is 2.16. The summed E-state index contributed by atoms with van der Waals surface area (Å²) in [6, 6.07) is 6.15. The number of rotatable bonds is 20. The van der Waals surface area contributed by atoms with Gasteiger partial charge in [0.2, 0.25) is 0 Å². The van der Waals surface area contributed by atoms with Gasteiger partial charge in [0.15, 0.2) is 0 Å². The fourth-order valence-electron chi connectivity index (χ4n) is 3.89. The molecule has 0 saturated carbocycles. The molecule has 34 heavy (non-hydrogen) atoms. The van der Waals surface area contributed by atoms with Crippen LogP contribution in [0.15, 0.2) is 24.3 Å². The van der Waals surface area contributed by atoms with Gasteiger partial charge >= 0.3 is 11.9 Å². The summed E-state index contributed by atoms with van der Waals surface area (Å²) >= 11 is 0. The van der Waals surface area contributed by atoms with E-state index in [4.69, 9.17) is 9.84 Å². The third kappa shape index (κ3) is 18.6. The third-order valence-corrected chi connectivity index (χ3v) is 6.07. The lowest BCUT2D eigenvalue weighted by molar-refractivity contribution is 0.0487. The number of carboxylic acid groups (broad SMARTS) is 1. The minimum Gasteiger partial charge on any atom is -0.478 e. The lowest BCUT2D eigenvalue weighted by atomic mass is 10.1. The fourth-order valence-corrected chi connectivity index (χ4v) is 3.89. The van der Waals surface area contributed by atoms with Crippen molar-refractivity contribution in [2.45, 2.75) is 136 Å². The number of carbonyl (C=O) groups excluding carboxylic acids is 1. The van der Waals surface area contributed by atoms with E-state index in [1.807, 2.05) is 0 Å². The first kappa shape index (κ1) is 32.2. The highest BCUT2D eigenvalue weighted by molar-refractivity contribution is 6.02. The maximum atomic E-state index is 11.9. The molecule has 0 spiro atoms. The number of carboxylic acids is 1. The molecule has 1 rings (SSSR count). The molecular weight excluding hydrogens is 424 g/mol. The Morgan fingerprint density at radius 1 is 0.588 bits per heavy atom. The Morgan fingerprint density at radius 2 is 0.941 bits per heavy atom. The molecule has 4 heteroatoms. The molecule has 1 aromatic carbocycles. The van der Waals surface area contributed by atoms with Crippen molar-refractivity contribution in [2.24, 2.45) is 0 Å². The van der Waals surface area contributed by atoms with E-state index in [2.05, 4.69) is 20.8 Å². The second-order valence-electron chi connectivity index (χ2n) is 9.29. The molecule has 0 aliphatic carbocycles. The minimum atomic E-state index is -1.11. The van der Waals surface area contributed by atoms with Gasteiger partial charge in [0.1, 0.15) is 0 Å². The molecule has 0 amide bonds. The first-order valence-electron chi connectivity index (χ1n) is 14.1. The van der Waals surface area contributed by atoms with Crippen molar-refractivity contribution < 1.29 is 19.4 Å². The first-order chi connectivity index (χ1) is 16.6. The summed E-state index contributed by atoms with van der Waals surface area (Å²) in [7, 11) is 0. The monoisotopic (exact) mass is 476 g/mol. The van der Waals surface area contributed by atoms with E-state index in [0.29, 0.717) is 6.61 Å². The lowest BCUT2D eigenvalue weighted by Gasteiger charge is -2.07. The standard InChI is InChI=1S/C20H30O4.C10H22/c1-2-3-4-5-6-7-8-9-10-13-16-24-20(23)18-15-12-11-14-17(18)19(21)22;1-3-5-7-9-10-8-6-4-2/h11-12,14-15H,2-10,13,16H2,1H3,(H,21,22);3-10H2,1-2H3. The molecular formula is C30H52O4. The minimum absolute atomic E-state index is 0.00873. The van der Waals surface area contributed by atoms with Gasteiger partial charge in [0, 0.05) is 0 Å². The number of unbranched alkanes of at least 4 members (excludes halogenated alkanes) is 16. The van der Waals surface area contributed by atoms with Crippen LogP contribution in [0.3, 0.4) is 0 Å². The number of benzene rings is 1. The number of hydrogen-bond donors (Lipinski definition) is 1. The van der Waals surface area contributed by atoms with E-state index in [1.54, 1.807) is 12.1 Å². The van der Waals surface area contributed by atoms with Crippen molar-refractivity contribution in [1.29, 1.82) is 0 Å². The molecule has 0 atom stereocenters. The van der Waals surface area contributed by atoms with Crippen LogP contribution in [0.25, 0.3) is 0 Å². The Morgan fingerprint density at radius 3 is 1.32 bits per heavy atom. The predicted molar refractivity (Wildman–Crippen MR) is 144 cm³/mol. The quantitative estimate of drug-likeness (QED) is 0.150. The highest BCUT2D eigenvalue weighted by atomic mass is 16.5. The van der Waals surface area contributed by atoms with Crippen LogP contribution in [0.1, 0.15) is 157 Å². The van der Waals surface area contributed by atoms with Gasteiger partial charge < -0.3 is 9.84 Å². The van der Waals surface area contributed by atoms with Gasteiger partial charge in [0.05, 0.1) is 17.7 Å². The molecule has 0 aliphatic rings. The Labute approximate surface area is 209 Å². The van der Waals surface area contributed by atoms with E-state index in [1.165, 1.54) is 108 Å². The van der Waals surface area contributed by atoms with Crippen LogP contribution < -0.4 is 0 Å². The van der Waals surface area contributed by atoms with Crippen LogP contribution in [0.4, 0.5) is 0 Å². The maximum Gasteiger partial charge on any atom is 0.339 e. The largest absolute Gasteiger partial charge is 0.478 e. The second kappa shape index (κ2) is 24.3. The molecule has 1 N–H and O–H groups in total. The van der Waals surface area contributed by atoms with Crippen LogP contribution in [0, 0.1) is 0 Å². The summed E-state index contributed by atoms with van der Waals surface area (Å²) in [5.41, 5.74) is 0.114. The SMILES string of the molecule is CCCCCCCCCC.CCCCCCCCCCCCOC(=O)c1ccccc1C(=O)O. The summed E-state index contributed by atoms with van der Waals surface area (Å²) in [6.45, 7) is 7.12. The number of carbonyl (C=O) groups is 2. The maximum absolute atomic E-state index is 11.9. The highest BCUT2D eigenvalue weighted by Crippen LogP contribution is 2.13. The molecule has 0 fully saturated rings. The van der Waals surface area contributed by atoms with Crippen LogP contribution >= 0.6 is 0 Å². The first-order valence-corrected chi connectivity index (χ1v) is 14.1. The zero-order valence-electron chi connectivity index (χ0n) is 22.4. The number of hydrogen-bond acceptors (Lipinski definition) is 3. The third-order valence-electron chi connectivity index (χ3n) is 6.07. The van der Waals surface area contributed by atoms with Gasteiger partial charge in [-0.2, -0.15) is 0 Å². The Balaban J connectivity index is 0.000000916. The summed E-state index contributed by atoms with van der Waals surface area (Å²) in [6.07, 6.45) is 23.7. The Bertz CT molecular complexity index is 604. The molecule has 0 saturated heterocycles. The van der Waals surface area contributed by atoms with Crippen molar-refractivity contribution in [3.63, 3.8) is 0 Å². The zero-order valence-corrected chi connectivity index (χ0v) is 22.4. The molecule has 0 bridgehead atoms. The van der Waals surface area contributed by atoms with Gasteiger partial charge in [-0.3, -0.25) is 0 Å². The molecule has 0 aliphatic heterocycles. The van der Waals surface area contributed by atoms with Gasteiger partial charge in [0.25, 0.3) is 0 Å². The topological polar surface area (TPSA) is 63.6 Å². The van der Waals surface area contributed by atoms with Crippen molar-refractivity contribution >= 4 is 11.9 Å². The van der Waals surface area contributed by atoms with E-state index >= 15 is 0 Å². The summed E-state index contributed by atoms with van der Waals surface area (Å²) in [5, 5.41) is 9.07. The summed E-state index contributed by atoms with van der Waals surface area (Å²) in [5.74, 6) is -1.66. The molecule has 196 valence electrons. The summed E-state index contributed by atoms with van der Waals surface area (Å²) in [4.78, 5) is 23.0. The van der Waals surface area contributed by atoms with Crippen LogP contribution in [-0.2, 0) is 4.74 Å². The van der Waals surface area contributed by atoms with Crippen molar-refractivity contribution in [3.8, 4) is 0 Å². The van der Waals surface area contributed by atoms with Crippen molar-refractivity contribution in [3.05, 3.63) is 35.4 Å². The summed E-state index contributed by atoms with van der Waals surface area (Å²) < 4.78 is 5.19. The molecule has 0 aromatic heterocycles. The lowest BCUT2D eigenvalue weighted by Crippen LogP contribution is -2.12. The molecule has 0 radical (unpaired) electrons. The van der Waals surface area contributed by atoms with Crippen LogP contribution in [0.2, 0.25) is 0 Å². The van der Waals surface area contributed by atoms with Crippen molar-refractivity contribution in [2.75, 3.05) is 6.61 Å².